The molecule has 0 spiro atoms. The third-order valence-electron chi connectivity index (χ3n) is 3.56. The van der Waals surface area contributed by atoms with Crippen molar-refractivity contribution in [3.63, 3.8) is 0 Å². The van der Waals surface area contributed by atoms with Crippen LogP contribution >= 0.6 is 11.8 Å². The maximum Gasteiger partial charge on any atom is 0.0301 e. The van der Waals surface area contributed by atoms with E-state index in [4.69, 9.17) is 5.84 Å². The fraction of sp³-hybridized carbons (Fsp3) is 1.00. The minimum Gasteiger partial charge on any atom is -0.271 e. The van der Waals surface area contributed by atoms with Gasteiger partial charge in [0.2, 0.25) is 0 Å². The summed E-state index contributed by atoms with van der Waals surface area (Å²) in [4.78, 5) is 0. The van der Waals surface area contributed by atoms with Gasteiger partial charge < -0.3 is 0 Å². The van der Waals surface area contributed by atoms with Gasteiger partial charge in [-0.05, 0) is 31.1 Å². The molecule has 1 rings (SSSR count). The normalized spacial score (nSPS) is 20.5. The smallest absolute Gasteiger partial charge is 0.0301 e. The van der Waals surface area contributed by atoms with Crippen molar-refractivity contribution in [2.45, 2.75) is 77.0 Å². The molecule has 0 bridgehead atoms. The van der Waals surface area contributed by atoms with Crippen LogP contribution in [0.25, 0.3) is 0 Å². The summed E-state index contributed by atoms with van der Waals surface area (Å²) in [7, 11) is 0. The zero-order chi connectivity index (χ0) is 12.7. The Morgan fingerprint density at radius 1 is 1.24 bits per heavy atom. The molecule has 1 fully saturated rings. The first kappa shape index (κ1) is 15.3. The van der Waals surface area contributed by atoms with Gasteiger partial charge in [0.25, 0.3) is 0 Å². The van der Waals surface area contributed by atoms with Gasteiger partial charge >= 0.3 is 0 Å². The molecule has 1 aliphatic rings. The van der Waals surface area contributed by atoms with Crippen molar-refractivity contribution >= 4 is 11.8 Å². The molecule has 0 amide bonds. The van der Waals surface area contributed by atoms with Crippen molar-refractivity contribution < 1.29 is 0 Å². The third-order valence-corrected chi connectivity index (χ3v) is 5.10. The highest BCUT2D eigenvalue weighted by atomic mass is 32.2. The average molecular weight is 258 g/mol. The van der Waals surface area contributed by atoms with Crippen molar-refractivity contribution in [3.05, 3.63) is 0 Å². The molecule has 0 aliphatic heterocycles. The van der Waals surface area contributed by atoms with Gasteiger partial charge in [0.05, 0.1) is 0 Å². The standard InChI is InChI=1S/C14H30N2S/c1-14(2,3)10-9-12(16-15)11-17-13-7-5-4-6-8-13/h12-13,16H,4-11,15H2,1-3H3. The van der Waals surface area contributed by atoms with Crippen molar-refractivity contribution in [1.29, 1.82) is 0 Å². The number of rotatable bonds is 6. The molecule has 3 N–H and O–H groups in total. The quantitative estimate of drug-likeness (QED) is 0.563. The Morgan fingerprint density at radius 2 is 1.88 bits per heavy atom. The summed E-state index contributed by atoms with van der Waals surface area (Å²) in [5.74, 6) is 6.83. The topological polar surface area (TPSA) is 38.0 Å². The molecule has 0 saturated heterocycles. The van der Waals surface area contributed by atoms with E-state index in [1.165, 1.54) is 50.7 Å². The van der Waals surface area contributed by atoms with Crippen molar-refractivity contribution in [2.24, 2.45) is 11.3 Å². The zero-order valence-corrected chi connectivity index (χ0v) is 12.6. The molecule has 1 atom stereocenters. The van der Waals surface area contributed by atoms with Gasteiger partial charge in [-0.25, -0.2) is 0 Å². The van der Waals surface area contributed by atoms with Crippen LogP contribution in [0.4, 0.5) is 0 Å². The molecule has 3 heteroatoms. The highest BCUT2D eigenvalue weighted by Crippen LogP contribution is 2.29. The van der Waals surface area contributed by atoms with Gasteiger partial charge in [-0.2, -0.15) is 11.8 Å². The van der Waals surface area contributed by atoms with E-state index in [0.717, 1.165) is 5.25 Å². The highest BCUT2D eigenvalue weighted by Gasteiger charge is 2.18. The molecule has 2 nitrogen and oxygen atoms in total. The lowest BCUT2D eigenvalue weighted by Crippen LogP contribution is -2.38. The molecule has 17 heavy (non-hydrogen) atoms. The second-order valence-electron chi connectivity index (χ2n) is 6.56. The van der Waals surface area contributed by atoms with E-state index in [9.17, 15) is 0 Å². The molecule has 102 valence electrons. The van der Waals surface area contributed by atoms with Gasteiger partial charge in [0.15, 0.2) is 0 Å². The molecule has 0 heterocycles. The van der Waals surface area contributed by atoms with Crippen LogP contribution in [0.3, 0.4) is 0 Å². The fourth-order valence-electron chi connectivity index (χ4n) is 2.31. The monoisotopic (exact) mass is 258 g/mol. The first-order valence-electron chi connectivity index (χ1n) is 7.09. The molecule has 0 aromatic rings. The van der Waals surface area contributed by atoms with Crippen molar-refractivity contribution in [2.75, 3.05) is 5.75 Å². The summed E-state index contributed by atoms with van der Waals surface area (Å²) in [6, 6.07) is 0.487. The van der Waals surface area contributed by atoms with Crippen LogP contribution in [-0.2, 0) is 0 Å². The number of nitrogens with one attached hydrogen (secondary N) is 1. The second-order valence-corrected chi connectivity index (χ2v) is 7.89. The number of hydrogen-bond donors (Lipinski definition) is 2. The average Bonchev–Trinajstić information content (AvgIpc) is 2.29. The van der Waals surface area contributed by atoms with E-state index >= 15 is 0 Å². The Kier molecular flexibility index (Phi) is 6.90. The van der Waals surface area contributed by atoms with Crippen LogP contribution in [0.1, 0.15) is 65.7 Å². The number of nitrogens with two attached hydrogens (primary N) is 1. The SMILES string of the molecule is CC(C)(C)CCC(CSC1CCCCC1)NN. The zero-order valence-electron chi connectivity index (χ0n) is 11.8. The van der Waals surface area contributed by atoms with Gasteiger partial charge in [-0.15, -0.1) is 0 Å². The van der Waals surface area contributed by atoms with Gasteiger partial charge in [-0.3, -0.25) is 11.3 Å². The Hall–Kier alpha value is 0.270. The van der Waals surface area contributed by atoms with Crippen LogP contribution in [0.5, 0.6) is 0 Å². The molecular weight excluding hydrogens is 228 g/mol. The first-order chi connectivity index (χ1) is 8.01. The summed E-state index contributed by atoms with van der Waals surface area (Å²) in [5.41, 5.74) is 3.41. The lowest BCUT2D eigenvalue weighted by atomic mass is 9.89. The molecule has 0 aromatic heterocycles. The Labute approximate surface area is 111 Å². The lowest BCUT2D eigenvalue weighted by Gasteiger charge is -2.25. The summed E-state index contributed by atoms with van der Waals surface area (Å²) in [6.45, 7) is 6.90. The van der Waals surface area contributed by atoms with Crippen LogP contribution in [0.15, 0.2) is 0 Å². The molecule has 0 aromatic carbocycles. The van der Waals surface area contributed by atoms with E-state index in [1.807, 2.05) is 0 Å². The summed E-state index contributed by atoms with van der Waals surface area (Å²) < 4.78 is 0. The predicted molar refractivity (Wildman–Crippen MR) is 79.1 cm³/mol. The molecule has 0 radical (unpaired) electrons. The summed E-state index contributed by atoms with van der Waals surface area (Å²) in [6.07, 6.45) is 9.58. The lowest BCUT2D eigenvalue weighted by molar-refractivity contribution is 0.339. The van der Waals surface area contributed by atoms with E-state index < -0.39 is 0 Å². The van der Waals surface area contributed by atoms with Crippen LogP contribution in [0.2, 0.25) is 0 Å². The Balaban J connectivity index is 2.17. The maximum absolute atomic E-state index is 5.65. The molecule has 1 unspecified atom stereocenters. The van der Waals surface area contributed by atoms with Crippen molar-refractivity contribution in [3.8, 4) is 0 Å². The van der Waals surface area contributed by atoms with Gasteiger partial charge in [0, 0.05) is 17.0 Å². The minimum absolute atomic E-state index is 0.421. The number of hydrazine groups is 1. The molecule has 1 aliphatic carbocycles. The van der Waals surface area contributed by atoms with Crippen LogP contribution in [0, 0.1) is 5.41 Å². The fourth-order valence-corrected chi connectivity index (χ4v) is 3.74. The van der Waals surface area contributed by atoms with Crippen molar-refractivity contribution in [1.82, 2.24) is 5.43 Å². The molecular formula is C14H30N2S. The summed E-state index contributed by atoms with van der Waals surface area (Å²) >= 11 is 2.14. The van der Waals surface area contributed by atoms with E-state index in [1.54, 1.807) is 0 Å². The van der Waals surface area contributed by atoms with Crippen LogP contribution < -0.4 is 11.3 Å². The number of thioether (sulfide) groups is 1. The van der Waals surface area contributed by atoms with E-state index in [0.29, 0.717) is 11.5 Å². The minimum atomic E-state index is 0.421. The van der Waals surface area contributed by atoms with E-state index in [2.05, 4.69) is 38.0 Å². The second kappa shape index (κ2) is 7.65. The maximum atomic E-state index is 5.65. The molecule has 1 saturated carbocycles. The first-order valence-corrected chi connectivity index (χ1v) is 8.14. The largest absolute Gasteiger partial charge is 0.271 e. The number of hydrogen-bond acceptors (Lipinski definition) is 3. The van der Waals surface area contributed by atoms with Crippen LogP contribution in [-0.4, -0.2) is 17.0 Å². The predicted octanol–water partition coefficient (Wildman–Crippen LogP) is 3.71. The van der Waals surface area contributed by atoms with Gasteiger partial charge in [0.1, 0.15) is 0 Å². The Bertz CT molecular complexity index is 195. The Morgan fingerprint density at radius 3 is 2.41 bits per heavy atom. The highest BCUT2D eigenvalue weighted by molar-refractivity contribution is 7.99. The van der Waals surface area contributed by atoms with Gasteiger partial charge in [-0.1, -0.05) is 40.0 Å². The van der Waals surface area contributed by atoms with E-state index in [-0.39, 0.29) is 0 Å². The summed E-state index contributed by atoms with van der Waals surface area (Å²) in [5, 5.41) is 0.897. The third kappa shape index (κ3) is 7.32.